The number of anilines is 2. The van der Waals surface area contributed by atoms with Gasteiger partial charge in [0.15, 0.2) is 5.65 Å². The van der Waals surface area contributed by atoms with Crippen LogP contribution in [0.25, 0.3) is 5.65 Å². The molecule has 1 aliphatic carbocycles. The van der Waals surface area contributed by atoms with E-state index in [1.54, 1.807) is 7.11 Å². The molecule has 28 heavy (non-hydrogen) atoms. The van der Waals surface area contributed by atoms with Gasteiger partial charge in [0.25, 0.3) is 0 Å². The van der Waals surface area contributed by atoms with Gasteiger partial charge in [-0.25, -0.2) is 4.98 Å². The summed E-state index contributed by atoms with van der Waals surface area (Å²) in [6.07, 6.45) is 7.01. The highest BCUT2D eigenvalue weighted by Gasteiger charge is 2.34. The van der Waals surface area contributed by atoms with Crippen LogP contribution in [0.15, 0.2) is 18.3 Å². The molecule has 6 heteroatoms. The Bertz CT molecular complexity index is 983. The number of aromatic nitrogens is 4. The number of ether oxygens (including phenoxy) is 1. The van der Waals surface area contributed by atoms with Crippen LogP contribution in [0.1, 0.15) is 61.0 Å². The molecular weight excluding hydrogens is 350 g/mol. The Balaban J connectivity index is 1.77. The molecule has 1 N–H and O–H groups in total. The average molecular weight is 380 g/mol. The van der Waals surface area contributed by atoms with Crippen LogP contribution in [0.5, 0.6) is 5.75 Å². The van der Waals surface area contributed by atoms with Crippen LogP contribution >= 0.6 is 0 Å². The van der Waals surface area contributed by atoms with Crippen molar-refractivity contribution in [1.29, 1.82) is 0 Å². The van der Waals surface area contributed by atoms with E-state index >= 15 is 0 Å². The second-order valence-corrected chi connectivity index (χ2v) is 7.92. The molecule has 0 aliphatic heterocycles. The Labute approximate surface area is 166 Å². The molecule has 1 atom stereocenters. The first-order chi connectivity index (χ1) is 13.5. The van der Waals surface area contributed by atoms with Crippen molar-refractivity contribution in [2.24, 2.45) is 5.92 Å². The van der Waals surface area contributed by atoms with Gasteiger partial charge >= 0.3 is 0 Å². The van der Waals surface area contributed by atoms with E-state index in [0.29, 0.717) is 11.9 Å². The largest absolute Gasteiger partial charge is 0.497 e. The van der Waals surface area contributed by atoms with E-state index in [1.165, 1.54) is 31.2 Å². The Morgan fingerprint density at radius 2 is 1.89 bits per heavy atom. The van der Waals surface area contributed by atoms with Gasteiger partial charge in [0.2, 0.25) is 5.95 Å². The molecule has 6 nitrogen and oxygen atoms in total. The van der Waals surface area contributed by atoms with Crippen LogP contribution in [-0.4, -0.2) is 26.7 Å². The Kier molecular flexibility index (Phi) is 4.96. The first kappa shape index (κ1) is 18.7. The number of hydrogen-bond donors (Lipinski definition) is 1. The fourth-order valence-corrected chi connectivity index (χ4v) is 4.15. The van der Waals surface area contributed by atoms with Crippen LogP contribution in [0.4, 0.5) is 11.6 Å². The highest BCUT2D eigenvalue weighted by atomic mass is 16.5. The summed E-state index contributed by atoms with van der Waals surface area (Å²) >= 11 is 0. The van der Waals surface area contributed by atoms with Crippen molar-refractivity contribution in [3.63, 3.8) is 0 Å². The fraction of sp³-hybridized carbons (Fsp3) is 0.500. The van der Waals surface area contributed by atoms with Crippen molar-refractivity contribution in [2.75, 3.05) is 12.4 Å². The number of methoxy groups -OCH3 is 1. The van der Waals surface area contributed by atoms with Crippen molar-refractivity contribution in [2.45, 2.75) is 59.3 Å². The molecule has 2 aromatic heterocycles. The Morgan fingerprint density at radius 3 is 2.50 bits per heavy atom. The first-order valence-corrected chi connectivity index (χ1v) is 10.2. The predicted octanol–water partition coefficient (Wildman–Crippen LogP) is 5.10. The van der Waals surface area contributed by atoms with Gasteiger partial charge in [0, 0.05) is 11.3 Å². The molecule has 2 heterocycles. The normalized spacial score (nSPS) is 15.0. The summed E-state index contributed by atoms with van der Waals surface area (Å²) in [6.45, 7) is 8.34. The lowest BCUT2D eigenvalue weighted by atomic mass is 9.92. The van der Waals surface area contributed by atoms with Crippen molar-refractivity contribution in [3.05, 3.63) is 40.8 Å². The predicted molar refractivity (Wildman–Crippen MR) is 112 cm³/mol. The maximum atomic E-state index is 5.38. The van der Waals surface area contributed by atoms with Crippen LogP contribution < -0.4 is 10.1 Å². The van der Waals surface area contributed by atoms with Gasteiger partial charge < -0.3 is 10.1 Å². The third-order valence-electron chi connectivity index (χ3n) is 5.68. The van der Waals surface area contributed by atoms with Gasteiger partial charge in [-0.15, -0.1) is 0 Å². The zero-order chi connectivity index (χ0) is 19.8. The van der Waals surface area contributed by atoms with Gasteiger partial charge in [0.05, 0.1) is 13.3 Å². The molecule has 1 saturated carbocycles. The number of benzene rings is 1. The molecule has 4 rings (SSSR count). The topological polar surface area (TPSA) is 64.3 Å². The third-order valence-corrected chi connectivity index (χ3v) is 5.68. The number of aryl methyl sites for hydroxylation is 3. The fourth-order valence-electron chi connectivity index (χ4n) is 4.15. The van der Waals surface area contributed by atoms with Crippen molar-refractivity contribution in [3.8, 4) is 5.75 Å². The van der Waals surface area contributed by atoms with E-state index in [2.05, 4.69) is 36.2 Å². The minimum Gasteiger partial charge on any atom is -0.497 e. The number of rotatable bonds is 7. The van der Waals surface area contributed by atoms with Crippen molar-refractivity contribution in [1.82, 2.24) is 19.6 Å². The van der Waals surface area contributed by atoms with E-state index in [0.717, 1.165) is 40.0 Å². The lowest BCUT2D eigenvalue weighted by Gasteiger charge is -2.16. The number of nitrogens with one attached hydrogen (secondary N) is 1. The smallest absolute Gasteiger partial charge is 0.232 e. The maximum Gasteiger partial charge on any atom is 0.232 e. The molecule has 0 saturated heterocycles. The lowest BCUT2D eigenvalue weighted by Crippen LogP contribution is -2.09. The lowest BCUT2D eigenvalue weighted by molar-refractivity contribution is 0.414. The molecule has 1 unspecified atom stereocenters. The average Bonchev–Trinajstić information content (AvgIpc) is 3.42. The molecule has 0 amide bonds. The van der Waals surface area contributed by atoms with Crippen molar-refractivity contribution >= 4 is 17.3 Å². The molecule has 3 aromatic rings. The molecule has 0 bridgehead atoms. The maximum absolute atomic E-state index is 5.38. The highest BCUT2D eigenvalue weighted by Crippen LogP contribution is 2.46. The molecule has 0 spiro atoms. The summed E-state index contributed by atoms with van der Waals surface area (Å²) in [5.41, 5.74) is 5.45. The minimum absolute atomic E-state index is 0.550. The number of fused-ring (bicyclic) bond motifs is 1. The Hall–Kier alpha value is -2.63. The summed E-state index contributed by atoms with van der Waals surface area (Å²) in [5, 5.41) is 8.17. The van der Waals surface area contributed by atoms with E-state index in [9.17, 15) is 0 Å². The monoisotopic (exact) mass is 379 g/mol. The summed E-state index contributed by atoms with van der Waals surface area (Å²) in [5.74, 6) is 3.65. The molecule has 0 radical (unpaired) electrons. The van der Waals surface area contributed by atoms with Gasteiger partial charge in [-0.1, -0.05) is 13.3 Å². The summed E-state index contributed by atoms with van der Waals surface area (Å²) in [7, 11) is 1.69. The highest BCUT2D eigenvalue weighted by molar-refractivity contribution is 5.66. The third kappa shape index (κ3) is 3.43. The van der Waals surface area contributed by atoms with Crippen LogP contribution in [0.3, 0.4) is 0 Å². The van der Waals surface area contributed by atoms with Gasteiger partial charge in [-0.05, 0) is 75.1 Å². The second-order valence-electron chi connectivity index (χ2n) is 7.92. The van der Waals surface area contributed by atoms with Gasteiger partial charge in [0.1, 0.15) is 11.6 Å². The number of hydrogen-bond acceptors (Lipinski definition) is 5. The second kappa shape index (κ2) is 7.41. The summed E-state index contributed by atoms with van der Waals surface area (Å²) in [4.78, 5) is 9.40. The molecule has 1 aliphatic rings. The van der Waals surface area contributed by atoms with E-state index in [4.69, 9.17) is 9.72 Å². The Morgan fingerprint density at radius 1 is 1.18 bits per heavy atom. The first-order valence-electron chi connectivity index (χ1n) is 10.2. The minimum atomic E-state index is 0.550. The van der Waals surface area contributed by atoms with E-state index < -0.39 is 0 Å². The van der Waals surface area contributed by atoms with Crippen LogP contribution in [-0.2, 0) is 0 Å². The molecule has 1 fully saturated rings. The van der Waals surface area contributed by atoms with Gasteiger partial charge in [-0.3, -0.25) is 0 Å². The van der Waals surface area contributed by atoms with Crippen LogP contribution in [0.2, 0.25) is 0 Å². The van der Waals surface area contributed by atoms with Gasteiger partial charge in [-0.2, -0.15) is 14.6 Å². The molecular formula is C22H29N5O. The summed E-state index contributed by atoms with van der Waals surface area (Å²) in [6, 6.07) is 4.05. The van der Waals surface area contributed by atoms with Crippen molar-refractivity contribution < 1.29 is 4.74 Å². The standard InChI is InChI=1S/C22H29N5O/c1-6-7-18(16-8-9-16)19-12-23-27-21(19)24-15(4)25-22(27)26-20-13(2)10-17(28-5)11-14(20)3/h10-12,16,18H,6-9H2,1-5H3,(H,24,25,26). The van der Waals surface area contributed by atoms with E-state index in [1.807, 2.05) is 29.8 Å². The van der Waals surface area contributed by atoms with E-state index in [-0.39, 0.29) is 0 Å². The zero-order valence-corrected chi connectivity index (χ0v) is 17.4. The number of nitrogens with zero attached hydrogens (tertiary/aromatic N) is 4. The SMILES string of the molecule is CCCC(c1cnn2c(Nc3c(C)cc(OC)cc3C)nc(C)nc12)C1CC1. The molecule has 1 aromatic carbocycles. The summed E-state index contributed by atoms with van der Waals surface area (Å²) < 4.78 is 7.24. The molecule has 148 valence electrons. The zero-order valence-electron chi connectivity index (χ0n) is 17.4. The van der Waals surface area contributed by atoms with Crippen LogP contribution in [0, 0.1) is 26.7 Å². The quantitative estimate of drug-likeness (QED) is 0.619.